The van der Waals surface area contributed by atoms with Gasteiger partial charge in [0.25, 0.3) is 0 Å². The van der Waals surface area contributed by atoms with E-state index >= 15 is 0 Å². The van der Waals surface area contributed by atoms with Gasteiger partial charge in [0.1, 0.15) is 5.41 Å². The highest BCUT2D eigenvalue weighted by atomic mass is 79.9. The van der Waals surface area contributed by atoms with E-state index in [0.29, 0.717) is 12.8 Å². The van der Waals surface area contributed by atoms with Gasteiger partial charge in [-0.2, -0.15) is 0 Å². The van der Waals surface area contributed by atoms with Crippen molar-refractivity contribution in [2.75, 3.05) is 0 Å². The van der Waals surface area contributed by atoms with Crippen LogP contribution >= 0.6 is 15.9 Å². The Bertz CT molecular complexity index is 508. The summed E-state index contributed by atoms with van der Waals surface area (Å²) in [6, 6.07) is 8.03. The summed E-state index contributed by atoms with van der Waals surface area (Å²) in [5, 5.41) is 11.9. The molecule has 1 unspecified atom stereocenters. The minimum atomic E-state index is -1.15. The van der Waals surface area contributed by atoms with Crippen LogP contribution in [0.25, 0.3) is 0 Å². The van der Waals surface area contributed by atoms with E-state index in [1.807, 2.05) is 31.2 Å². The number of carboxylic acid groups (broad SMARTS) is 1. The summed E-state index contributed by atoms with van der Waals surface area (Å²) in [6.07, 6.45) is 2.55. The number of benzene rings is 1. The van der Waals surface area contributed by atoms with Gasteiger partial charge < -0.3 is 10.4 Å². The summed E-state index contributed by atoms with van der Waals surface area (Å²) in [5.41, 5.74) is 0.0555. The van der Waals surface area contributed by atoms with Gasteiger partial charge >= 0.3 is 5.97 Å². The molecule has 4 nitrogen and oxygen atoms in total. The molecule has 20 heavy (non-hydrogen) atoms. The topological polar surface area (TPSA) is 66.4 Å². The molecule has 1 aromatic carbocycles. The summed E-state index contributed by atoms with van der Waals surface area (Å²) in [6.45, 7) is 1.91. The monoisotopic (exact) mass is 339 g/mol. The van der Waals surface area contributed by atoms with Crippen LogP contribution < -0.4 is 5.32 Å². The van der Waals surface area contributed by atoms with Crippen LogP contribution in [0.1, 0.15) is 31.7 Å². The first-order chi connectivity index (χ1) is 9.44. The SMILES string of the molecule is CC(CCc1ccc(Br)cc1)NC(=O)C1(C(=O)O)CC1. The fourth-order valence-corrected chi connectivity index (χ4v) is 2.40. The van der Waals surface area contributed by atoms with Crippen LogP contribution in [0.5, 0.6) is 0 Å². The second-order valence-corrected chi connectivity index (χ2v) is 6.34. The normalized spacial score (nSPS) is 17.3. The number of aliphatic carboxylic acids is 1. The lowest BCUT2D eigenvalue weighted by Crippen LogP contribution is -2.41. The van der Waals surface area contributed by atoms with E-state index in [1.54, 1.807) is 0 Å². The molecule has 1 aromatic rings. The predicted molar refractivity (Wildman–Crippen MR) is 79.4 cm³/mol. The summed E-state index contributed by atoms with van der Waals surface area (Å²) >= 11 is 3.39. The number of aryl methyl sites for hydroxylation is 1. The first-order valence-corrected chi connectivity index (χ1v) is 7.52. The Morgan fingerprint density at radius 2 is 1.95 bits per heavy atom. The Labute approximate surface area is 126 Å². The number of hydrogen-bond acceptors (Lipinski definition) is 2. The van der Waals surface area contributed by atoms with Gasteiger partial charge in [-0.25, -0.2) is 0 Å². The zero-order valence-corrected chi connectivity index (χ0v) is 12.9. The van der Waals surface area contributed by atoms with E-state index in [-0.39, 0.29) is 11.9 Å². The maximum atomic E-state index is 11.9. The maximum Gasteiger partial charge on any atom is 0.319 e. The number of carbonyl (C=O) groups excluding carboxylic acids is 1. The van der Waals surface area contributed by atoms with Crippen LogP contribution in [0.2, 0.25) is 0 Å². The minimum absolute atomic E-state index is 0.0250. The van der Waals surface area contributed by atoms with Crippen LogP contribution in [-0.2, 0) is 16.0 Å². The van der Waals surface area contributed by atoms with E-state index in [1.165, 1.54) is 5.56 Å². The Hall–Kier alpha value is -1.36. The second-order valence-electron chi connectivity index (χ2n) is 5.43. The molecule has 1 atom stereocenters. The van der Waals surface area contributed by atoms with Crippen molar-refractivity contribution in [3.63, 3.8) is 0 Å². The molecule has 0 aromatic heterocycles. The quantitative estimate of drug-likeness (QED) is 0.783. The largest absolute Gasteiger partial charge is 0.480 e. The molecule has 0 spiro atoms. The van der Waals surface area contributed by atoms with Crippen molar-refractivity contribution in [2.45, 2.75) is 38.6 Å². The van der Waals surface area contributed by atoms with Crippen molar-refractivity contribution in [3.05, 3.63) is 34.3 Å². The number of carboxylic acids is 1. The average molecular weight is 340 g/mol. The number of rotatable bonds is 6. The van der Waals surface area contributed by atoms with E-state index in [2.05, 4.69) is 21.2 Å². The van der Waals surface area contributed by atoms with Gasteiger partial charge in [-0.3, -0.25) is 9.59 Å². The number of halogens is 1. The fourth-order valence-electron chi connectivity index (χ4n) is 2.13. The molecule has 2 N–H and O–H groups in total. The van der Waals surface area contributed by atoms with Crippen LogP contribution in [0.4, 0.5) is 0 Å². The average Bonchev–Trinajstić information content (AvgIpc) is 3.19. The lowest BCUT2D eigenvalue weighted by atomic mass is 10.0. The Kier molecular flexibility index (Phi) is 4.48. The summed E-state index contributed by atoms with van der Waals surface area (Å²) in [7, 11) is 0. The molecule has 0 radical (unpaired) electrons. The summed E-state index contributed by atoms with van der Waals surface area (Å²) < 4.78 is 1.04. The molecule has 1 amide bonds. The first-order valence-electron chi connectivity index (χ1n) is 6.73. The van der Waals surface area contributed by atoms with Crippen molar-refractivity contribution >= 4 is 27.8 Å². The second kappa shape index (κ2) is 5.95. The molecule has 0 bridgehead atoms. The third kappa shape index (κ3) is 3.39. The van der Waals surface area contributed by atoms with Gasteiger partial charge in [-0.05, 0) is 50.3 Å². The maximum absolute atomic E-state index is 11.9. The Balaban J connectivity index is 1.81. The molecule has 1 aliphatic rings. The lowest BCUT2D eigenvalue weighted by Gasteiger charge is -2.17. The molecule has 5 heteroatoms. The zero-order chi connectivity index (χ0) is 14.8. The molecule has 2 rings (SSSR count). The van der Waals surface area contributed by atoms with Crippen molar-refractivity contribution in [3.8, 4) is 0 Å². The summed E-state index contributed by atoms with van der Waals surface area (Å²) in [4.78, 5) is 23.0. The highest BCUT2D eigenvalue weighted by Gasteiger charge is 2.57. The fraction of sp³-hybridized carbons (Fsp3) is 0.467. The molecule has 1 saturated carbocycles. The standard InChI is InChI=1S/C15H18BrNO3/c1-10(2-3-11-4-6-12(16)7-5-11)17-13(18)15(8-9-15)14(19)20/h4-7,10H,2-3,8-9H2,1H3,(H,17,18)(H,19,20). The van der Waals surface area contributed by atoms with Gasteiger partial charge in [0, 0.05) is 10.5 Å². The van der Waals surface area contributed by atoms with Crippen molar-refractivity contribution in [2.24, 2.45) is 5.41 Å². The van der Waals surface area contributed by atoms with Gasteiger partial charge in [-0.15, -0.1) is 0 Å². The van der Waals surface area contributed by atoms with Gasteiger partial charge in [0.2, 0.25) is 5.91 Å². The van der Waals surface area contributed by atoms with Crippen molar-refractivity contribution in [1.29, 1.82) is 0 Å². The predicted octanol–water partition coefficient (Wildman–Crippen LogP) is 2.75. The van der Waals surface area contributed by atoms with Crippen LogP contribution in [0, 0.1) is 5.41 Å². The Morgan fingerprint density at radius 1 is 1.35 bits per heavy atom. The summed E-state index contributed by atoms with van der Waals surface area (Å²) in [5.74, 6) is -1.34. The number of amides is 1. The number of nitrogens with one attached hydrogen (secondary N) is 1. The van der Waals surface area contributed by atoms with Crippen LogP contribution in [0.3, 0.4) is 0 Å². The molecule has 0 aliphatic heterocycles. The molecular formula is C15H18BrNO3. The highest BCUT2D eigenvalue weighted by molar-refractivity contribution is 9.10. The molecular weight excluding hydrogens is 322 g/mol. The zero-order valence-electron chi connectivity index (χ0n) is 11.4. The molecule has 1 aliphatic carbocycles. The third-order valence-corrected chi connectivity index (χ3v) is 4.28. The highest BCUT2D eigenvalue weighted by Crippen LogP contribution is 2.46. The van der Waals surface area contributed by atoms with Gasteiger partial charge in [0.05, 0.1) is 0 Å². The van der Waals surface area contributed by atoms with E-state index < -0.39 is 11.4 Å². The van der Waals surface area contributed by atoms with E-state index in [4.69, 9.17) is 5.11 Å². The molecule has 0 heterocycles. The van der Waals surface area contributed by atoms with Gasteiger partial charge in [-0.1, -0.05) is 28.1 Å². The molecule has 0 saturated heterocycles. The van der Waals surface area contributed by atoms with Crippen molar-refractivity contribution < 1.29 is 14.7 Å². The van der Waals surface area contributed by atoms with Gasteiger partial charge in [0.15, 0.2) is 0 Å². The Morgan fingerprint density at radius 3 is 2.45 bits per heavy atom. The van der Waals surface area contributed by atoms with E-state index in [9.17, 15) is 9.59 Å². The van der Waals surface area contributed by atoms with E-state index in [0.717, 1.165) is 17.3 Å². The van der Waals surface area contributed by atoms with Crippen molar-refractivity contribution in [1.82, 2.24) is 5.32 Å². The third-order valence-electron chi connectivity index (χ3n) is 3.75. The smallest absolute Gasteiger partial charge is 0.319 e. The van der Waals surface area contributed by atoms with Crippen LogP contribution in [-0.4, -0.2) is 23.0 Å². The lowest BCUT2D eigenvalue weighted by molar-refractivity contribution is -0.149. The first kappa shape index (κ1) is 15.0. The molecule has 1 fully saturated rings. The number of hydrogen-bond donors (Lipinski definition) is 2. The minimum Gasteiger partial charge on any atom is -0.480 e. The molecule has 108 valence electrons. The van der Waals surface area contributed by atoms with Crippen LogP contribution in [0.15, 0.2) is 28.7 Å². The number of carbonyl (C=O) groups is 2.